The summed E-state index contributed by atoms with van der Waals surface area (Å²) in [5, 5.41) is 3.57. The number of primary amides is 1. The number of hydrogen-bond acceptors (Lipinski definition) is 3. The first-order chi connectivity index (χ1) is 11.0. The van der Waals surface area contributed by atoms with E-state index < -0.39 is 5.91 Å². The van der Waals surface area contributed by atoms with Gasteiger partial charge in [-0.25, -0.2) is 0 Å². The van der Waals surface area contributed by atoms with E-state index in [1.54, 1.807) is 24.3 Å². The summed E-state index contributed by atoms with van der Waals surface area (Å²) in [4.78, 5) is 24.2. The Hall–Kier alpha value is -1.98. The fourth-order valence-corrected chi connectivity index (χ4v) is 3.05. The highest BCUT2D eigenvalue weighted by atomic mass is 35.5. The zero-order valence-electron chi connectivity index (χ0n) is 12.6. The number of nitrogens with two attached hydrogens (primary N) is 1. The predicted octanol–water partition coefficient (Wildman–Crippen LogP) is 3.41. The van der Waals surface area contributed by atoms with Crippen molar-refractivity contribution < 1.29 is 9.59 Å². The molecule has 2 aromatic carbocycles. The summed E-state index contributed by atoms with van der Waals surface area (Å²) in [5.74, 6) is -0.490. The molecule has 23 heavy (non-hydrogen) atoms. The Balaban J connectivity index is 2.12. The van der Waals surface area contributed by atoms with Crippen LogP contribution in [0, 0.1) is 0 Å². The number of carbonyl (C=O) groups is 2. The fourth-order valence-electron chi connectivity index (χ4n) is 2.06. The first-order valence-corrected chi connectivity index (χ1v) is 8.40. The normalized spacial score (nSPS) is 11.7. The monoisotopic (exact) mass is 348 g/mol. The number of nitrogens with one attached hydrogen (secondary N) is 1. The topological polar surface area (TPSA) is 72.2 Å². The van der Waals surface area contributed by atoms with E-state index in [2.05, 4.69) is 5.32 Å². The molecule has 0 saturated heterocycles. The quantitative estimate of drug-likeness (QED) is 0.786. The van der Waals surface area contributed by atoms with Crippen LogP contribution in [0.25, 0.3) is 0 Å². The van der Waals surface area contributed by atoms with Crippen LogP contribution in [0.3, 0.4) is 0 Å². The van der Waals surface area contributed by atoms with Crippen molar-refractivity contribution in [1.29, 1.82) is 0 Å². The Morgan fingerprint density at radius 2 is 1.96 bits per heavy atom. The van der Waals surface area contributed by atoms with Gasteiger partial charge in [-0.05, 0) is 36.8 Å². The maximum Gasteiger partial charge on any atom is 0.252 e. The highest BCUT2D eigenvalue weighted by Gasteiger charge is 2.15. The molecule has 0 radical (unpaired) electrons. The Labute approximate surface area is 144 Å². The molecule has 0 heterocycles. The third-order valence-electron chi connectivity index (χ3n) is 3.20. The molecule has 0 spiro atoms. The molecule has 0 fully saturated rings. The maximum absolute atomic E-state index is 12.5. The molecule has 120 valence electrons. The lowest BCUT2D eigenvalue weighted by Gasteiger charge is -2.16. The first kappa shape index (κ1) is 17.4. The van der Waals surface area contributed by atoms with E-state index in [0.717, 1.165) is 10.5 Å². The van der Waals surface area contributed by atoms with E-state index in [1.807, 2.05) is 31.2 Å². The summed E-state index contributed by atoms with van der Waals surface area (Å²) in [7, 11) is 0. The van der Waals surface area contributed by atoms with Crippen molar-refractivity contribution in [2.24, 2.45) is 5.73 Å². The van der Waals surface area contributed by atoms with Gasteiger partial charge in [-0.15, -0.1) is 11.8 Å². The average Bonchev–Trinajstić information content (AvgIpc) is 2.53. The molecular formula is C17H17ClN2O2S. The van der Waals surface area contributed by atoms with Gasteiger partial charge < -0.3 is 11.1 Å². The molecule has 0 aliphatic rings. The SMILES string of the molecule is C[C@@H](NC(=O)c1ccccc1SCC(N)=O)c1cccc(Cl)c1. The third kappa shape index (κ3) is 5.01. The van der Waals surface area contributed by atoms with Crippen LogP contribution in [0.2, 0.25) is 5.02 Å². The van der Waals surface area contributed by atoms with Crippen molar-refractivity contribution in [2.75, 3.05) is 5.75 Å². The standard InChI is InChI=1S/C17H17ClN2O2S/c1-11(12-5-4-6-13(18)9-12)20-17(22)14-7-2-3-8-15(14)23-10-16(19)21/h2-9,11H,10H2,1H3,(H2,19,21)(H,20,22)/t11-/m1/s1. The second kappa shape index (κ2) is 8.04. The number of halogens is 1. The van der Waals surface area contributed by atoms with Crippen molar-refractivity contribution in [3.8, 4) is 0 Å². The zero-order valence-corrected chi connectivity index (χ0v) is 14.2. The first-order valence-electron chi connectivity index (χ1n) is 7.04. The molecule has 2 aromatic rings. The Bertz CT molecular complexity index is 721. The van der Waals surface area contributed by atoms with Gasteiger partial charge in [0.25, 0.3) is 5.91 Å². The molecule has 0 aliphatic carbocycles. The molecule has 2 rings (SSSR count). The largest absolute Gasteiger partial charge is 0.369 e. The van der Waals surface area contributed by atoms with E-state index in [9.17, 15) is 9.59 Å². The highest BCUT2D eigenvalue weighted by Crippen LogP contribution is 2.23. The number of thioether (sulfide) groups is 1. The third-order valence-corrected chi connectivity index (χ3v) is 4.53. The summed E-state index contributed by atoms with van der Waals surface area (Å²) in [6, 6.07) is 14.3. The van der Waals surface area contributed by atoms with Gasteiger partial charge in [-0.3, -0.25) is 9.59 Å². The maximum atomic E-state index is 12.5. The minimum atomic E-state index is -0.419. The zero-order chi connectivity index (χ0) is 16.8. The molecule has 3 N–H and O–H groups in total. The molecular weight excluding hydrogens is 332 g/mol. The lowest BCUT2D eigenvalue weighted by Crippen LogP contribution is -2.27. The van der Waals surface area contributed by atoms with Gasteiger partial charge in [0.2, 0.25) is 5.91 Å². The summed E-state index contributed by atoms with van der Waals surface area (Å²) < 4.78 is 0. The molecule has 4 nitrogen and oxygen atoms in total. The summed E-state index contributed by atoms with van der Waals surface area (Å²) in [6.07, 6.45) is 0. The number of carbonyl (C=O) groups excluding carboxylic acids is 2. The molecule has 0 unspecified atom stereocenters. The van der Waals surface area contributed by atoms with Crippen molar-refractivity contribution in [1.82, 2.24) is 5.32 Å². The molecule has 0 saturated carbocycles. The van der Waals surface area contributed by atoms with E-state index in [0.29, 0.717) is 10.6 Å². The van der Waals surface area contributed by atoms with Gasteiger partial charge in [0, 0.05) is 9.92 Å². The van der Waals surface area contributed by atoms with Gasteiger partial charge in [0.1, 0.15) is 0 Å². The summed E-state index contributed by atoms with van der Waals surface area (Å²) >= 11 is 7.23. The van der Waals surface area contributed by atoms with Crippen LogP contribution in [-0.4, -0.2) is 17.6 Å². The Kier molecular flexibility index (Phi) is 6.07. The molecule has 2 amide bonds. The number of amides is 2. The molecule has 0 aromatic heterocycles. The van der Waals surface area contributed by atoms with Crippen molar-refractivity contribution >= 4 is 35.2 Å². The number of rotatable bonds is 6. The number of hydrogen-bond donors (Lipinski definition) is 2. The molecule has 6 heteroatoms. The van der Waals surface area contributed by atoms with Crippen LogP contribution >= 0.6 is 23.4 Å². The second-order valence-electron chi connectivity index (χ2n) is 5.00. The van der Waals surface area contributed by atoms with Gasteiger partial charge in [-0.1, -0.05) is 35.9 Å². The smallest absolute Gasteiger partial charge is 0.252 e. The van der Waals surface area contributed by atoms with Crippen LogP contribution in [0.15, 0.2) is 53.4 Å². The number of benzene rings is 2. The lowest BCUT2D eigenvalue weighted by molar-refractivity contribution is -0.115. The van der Waals surface area contributed by atoms with Gasteiger partial charge >= 0.3 is 0 Å². The average molecular weight is 349 g/mol. The van der Waals surface area contributed by atoms with E-state index in [-0.39, 0.29) is 17.7 Å². The van der Waals surface area contributed by atoms with Crippen molar-refractivity contribution in [3.63, 3.8) is 0 Å². The highest BCUT2D eigenvalue weighted by molar-refractivity contribution is 8.00. The molecule has 0 bridgehead atoms. The van der Waals surface area contributed by atoms with E-state index >= 15 is 0 Å². The minimum Gasteiger partial charge on any atom is -0.369 e. The van der Waals surface area contributed by atoms with Crippen LogP contribution < -0.4 is 11.1 Å². The molecule has 1 atom stereocenters. The predicted molar refractivity (Wildman–Crippen MR) is 93.7 cm³/mol. The van der Waals surface area contributed by atoms with Gasteiger partial charge in [0.15, 0.2) is 0 Å². The van der Waals surface area contributed by atoms with Crippen molar-refractivity contribution in [2.45, 2.75) is 17.9 Å². The summed E-state index contributed by atoms with van der Waals surface area (Å²) in [5.41, 5.74) is 6.61. The van der Waals surface area contributed by atoms with Gasteiger partial charge in [-0.2, -0.15) is 0 Å². The second-order valence-corrected chi connectivity index (χ2v) is 6.45. The fraction of sp³-hybridized carbons (Fsp3) is 0.176. The van der Waals surface area contributed by atoms with Crippen LogP contribution in [0.1, 0.15) is 28.9 Å². The Morgan fingerprint density at radius 1 is 1.22 bits per heavy atom. The summed E-state index contributed by atoms with van der Waals surface area (Å²) in [6.45, 7) is 1.89. The van der Waals surface area contributed by atoms with E-state index in [1.165, 1.54) is 11.8 Å². The van der Waals surface area contributed by atoms with Crippen molar-refractivity contribution in [3.05, 3.63) is 64.7 Å². The van der Waals surface area contributed by atoms with Crippen LogP contribution in [0.5, 0.6) is 0 Å². The molecule has 0 aliphatic heterocycles. The minimum absolute atomic E-state index is 0.133. The Morgan fingerprint density at radius 3 is 2.65 bits per heavy atom. The van der Waals surface area contributed by atoms with E-state index in [4.69, 9.17) is 17.3 Å². The van der Waals surface area contributed by atoms with Gasteiger partial charge in [0.05, 0.1) is 17.4 Å². The van der Waals surface area contributed by atoms with Crippen LogP contribution in [-0.2, 0) is 4.79 Å². The lowest BCUT2D eigenvalue weighted by atomic mass is 10.1. The van der Waals surface area contributed by atoms with Crippen LogP contribution in [0.4, 0.5) is 0 Å².